The van der Waals surface area contributed by atoms with Gasteiger partial charge in [0.1, 0.15) is 5.75 Å². The Kier molecular flexibility index (Phi) is 5.18. The van der Waals surface area contributed by atoms with Crippen molar-refractivity contribution in [2.45, 2.75) is 24.7 Å². The summed E-state index contributed by atoms with van der Waals surface area (Å²) in [7, 11) is -2.07. The molecule has 1 aliphatic heterocycles. The maximum absolute atomic E-state index is 13.0. The number of rotatable bonds is 5. The number of oxazole rings is 1. The van der Waals surface area contributed by atoms with E-state index in [2.05, 4.69) is 4.98 Å². The van der Waals surface area contributed by atoms with Crippen LogP contribution in [0.3, 0.4) is 0 Å². The molecular weight excluding hydrogens is 394 g/mol. The fourth-order valence-corrected chi connectivity index (χ4v) is 5.05. The number of nitrogens with zero attached hydrogens (tertiary/aromatic N) is 3. The predicted octanol–water partition coefficient (Wildman–Crippen LogP) is 2.31. The number of hydrogen-bond donors (Lipinski definition) is 0. The van der Waals surface area contributed by atoms with Crippen LogP contribution in [-0.4, -0.2) is 42.0 Å². The lowest BCUT2D eigenvalue weighted by Crippen LogP contribution is -2.39. The molecule has 0 atom stereocenters. The summed E-state index contributed by atoms with van der Waals surface area (Å²) in [5.41, 5.74) is 1.74. The zero-order valence-corrected chi connectivity index (χ0v) is 17.2. The summed E-state index contributed by atoms with van der Waals surface area (Å²) in [6.45, 7) is 3.34. The summed E-state index contributed by atoms with van der Waals surface area (Å²) in [5.74, 6) is 0.568. The second-order valence-electron chi connectivity index (χ2n) is 7.35. The third kappa shape index (κ3) is 3.92. The van der Waals surface area contributed by atoms with Crippen LogP contribution in [-0.2, 0) is 17.1 Å². The van der Waals surface area contributed by atoms with Crippen molar-refractivity contribution < 1.29 is 17.6 Å². The van der Waals surface area contributed by atoms with E-state index in [9.17, 15) is 13.2 Å². The Hall–Kier alpha value is -2.65. The van der Waals surface area contributed by atoms with E-state index in [0.29, 0.717) is 36.7 Å². The molecule has 1 aliphatic rings. The highest BCUT2D eigenvalue weighted by molar-refractivity contribution is 7.89. The van der Waals surface area contributed by atoms with E-state index in [4.69, 9.17) is 9.15 Å². The fourth-order valence-electron chi connectivity index (χ4n) is 3.56. The highest BCUT2D eigenvalue weighted by atomic mass is 32.2. The average Bonchev–Trinajstić information content (AvgIpc) is 3.00. The van der Waals surface area contributed by atoms with Crippen molar-refractivity contribution in [3.63, 3.8) is 0 Å². The van der Waals surface area contributed by atoms with Crippen LogP contribution in [0.4, 0.5) is 0 Å². The van der Waals surface area contributed by atoms with E-state index in [-0.39, 0.29) is 4.90 Å². The van der Waals surface area contributed by atoms with Gasteiger partial charge in [-0.2, -0.15) is 4.31 Å². The summed E-state index contributed by atoms with van der Waals surface area (Å²) in [4.78, 5) is 16.0. The molecule has 0 spiro atoms. The lowest BCUT2D eigenvalue weighted by molar-refractivity contribution is 0.185. The van der Waals surface area contributed by atoms with Gasteiger partial charge in [0, 0.05) is 38.1 Å². The molecule has 0 unspecified atom stereocenters. The van der Waals surface area contributed by atoms with Gasteiger partial charge in [0.05, 0.1) is 17.0 Å². The molecule has 3 aromatic rings. The van der Waals surface area contributed by atoms with Gasteiger partial charge in [-0.3, -0.25) is 9.55 Å². The molecule has 0 radical (unpaired) electrons. The molecule has 0 aliphatic carbocycles. The van der Waals surface area contributed by atoms with Gasteiger partial charge in [-0.1, -0.05) is 0 Å². The lowest BCUT2D eigenvalue weighted by Gasteiger charge is -2.31. The number of ether oxygens (including phenoxy) is 1. The molecule has 2 aromatic heterocycles. The molecule has 0 bridgehead atoms. The summed E-state index contributed by atoms with van der Waals surface area (Å²) < 4.78 is 39.8. The standard InChI is InChI=1S/C20H23N3O5S/c1-14-11-16(5-8-21-14)27-13-15-6-9-23(10-7-15)29(25,26)17-3-4-19-18(12-17)22(2)20(24)28-19/h3-5,8,11-12,15H,6-7,9-10,13H2,1-2H3. The third-order valence-corrected chi connectivity index (χ3v) is 7.22. The van der Waals surface area contributed by atoms with E-state index < -0.39 is 15.8 Å². The minimum atomic E-state index is -3.63. The first-order valence-corrected chi connectivity index (χ1v) is 10.9. The van der Waals surface area contributed by atoms with Gasteiger partial charge >= 0.3 is 5.76 Å². The minimum Gasteiger partial charge on any atom is -0.493 e. The molecule has 8 nitrogen and oxygen atoms in total. The second kappa shape index (κ2) is 7.64. The Morgan fingerprint density at radius 3 is 2.69 bits per heavy atom. The largest absolute Gasteiger partial charge is 0.493 e. The van der Waals surface area contributed by atoms with E-state index in [1.54, 1.807) is 13.2 Å². The van der Waals surface area contributed by atoms with Crippen LogP contribution in [0.5, 0.6) is 5.75 Å². The van der Waals surface area contributed by atoms with Crippen molar-refractivity contribution in [3.8, 4) is 5.75 Å². The molecule has 9 heteroatoms. The molecule has 4 rings (SSSR count). The highest BCUT2D eigenvalue weighted by Gasteiger charge is 2.30. The number of hydrogen-bond acceptors (Lipinski definition) is 6. The quantitative estimate of drug-likeness (QED) is 0.632. The van der Waals surface area contributed by atoms with Crippen molar-refractivity contribution in [1.82, 2.24) is 13.9 Å². The van der Waals surface area contributed by atoms with Gasteiger partial charge in [0.2, 0.25) is 10.0 Å². The molecule has 0 N–H and O–H groups in total. The predicted molar refractivity (Wildman–Crippen MR) is 107 cm³/mol. The molecule has 29 heavy (non-hydrogen) atoms. The molecule has 0 amide bonds. The van der Waals surface area contributed by atoms with Gasteiger partial charge < -0.3 is 9.15 Å². The number of pyridine rings is 1. The summed E-state index contributed by atoms with van der Waals surface area (Å²) in [5, 5.41) is 0. The molecule has 1 saturated heterocycles. The Bertz CT molecular complexity index is 1190. The van der Waals surface area contributed by atoms with Gasteiger partial charge in [-0.05, 0) is 49.9 Å². The van der Waals surface area contributed by atoms with Gasteiger partial charge in [-0.25, -0.2) is 13.2 Å². The number of sulfonamides is 1. The maximum atomic E-state index is 13.0. The third-order valence-electron chi connectivity index (χ3n) is 5.33. The van der Waals surface area contributed by atoms with Crippen molar-refractivity contribution >= 4 is 21.1 Å². The topological polar surface area (TPSA) is 94.6 Å². The number of fused-ring (bicyclic) bond motifs is 1. The van der Waals surface area contributed by atoms with Crippen LogP contribution in [0.25, 0.3) is 11.1 Å². The zero-order valence-electron chi connectivity index (χ0n) is 16.4. The smallest absolute Gasteiger partial charge is 0.419 e. The number of aryl methyl sites for hydroxylation is 2. The maximum Gasteiger partial charge on any atom is 0.419 e. The van der Waals surface area contributed by atoms with E-state index in [1.807, 2.05) is 19.1 Å². The Morgan fingerprint density at radius 1 is 1.21 bits per heavy atom. The number of aromatic nitrogens is 2. The molecule has 1 aromatic carbocycles. The first-order valence-electron chi connectivity index (χ1n) is 9.50. The van der Waals surface area contributed by atoms with Gasteiger partial charge in [0.25, 0.3) is 0 Å². The SMILES string of the molecule is Cc1cc(OCC2CCN(S(=O)(=O)c3ccc4oc(=O)n(C)c4c3)CC2)ccn1. The van der Waals surface area contributed by atoms with Crippen LogP contribution in [0.2, 0.25) is 0 Å². The Morgan fingerprint density at radius 2 is 1.97 bits per heavy atom. The Balaban J connectivity index is 1.42. The normalized spacial score (nSPS) is 16.3. The van der Waals surface area contributed by atoms with Gasteiger partial charge in [0.15, 0.2) is 5.58 Å². The summed E-state index contributed by atoms with van der Waals surface area (Å²) in [6, 6.07) is 8.23. The number of piperidine rings is 1. The van der Waals surface area contributed by atoms with Crippen molar-refractivity contribution in [1.29, 1.82) is 0 Å². The monoisotopic (exact) mass is 417 g/mol. The highest BCUT2D eigenvalue weighted by Crippen LogP contribution is 2.26. The first-order chi connectivity index (χ1) is 13.8. The molecule has 3 heterocycles. The molecule has 0 saturated carbocycles. The Labute approximate surface area is 168 Å². The molecule has 154 valence electrons. The summed E-state index contributed by atoms with van der Waals surface area (Å²) in [6.07, 6.45) is 3.18. The van der Waals surface area contributed by atoms with Crippen molar-refractivity contribution in [3.05, 3.63) is 52.8 Å². The van der Waals surface area contributed by atoms with Crippen molar-refractivity contribution in [2.75, 3.05) is 19.7 Å². The van der Waals surface area contributed by atoms with E-state index in [0.717, 1.165) is 24.3 Å². The van der Waals surface area contributed by atoms with E-state index >= 15 is 0 Å². The second-order valence-corrected chi connectivity index (χ2v) is 9.29. The molecular formula is C20H23N3O5S. The van der Waals surface area contributed by atoms with Crippen LogP contribution in [0, 0.1) is 12.8 Å². The van der Waals surface area contributed by atoms with E-state index in [1.165, 1.54) is 27.1 Å². The lowest BCUT2D eigenvalue weighted by atomic mass is 9.99. The van der Waals surface area contributed by atoms with Crippen LogP contribution < -0.4 is 10.5 Å². The first kappa shape index (κ1) is 19.7. The van der Waals surface area contributed by atoms with Crippen molar-refractivity contribution in [2.24, 2.45) is 13.0 Å². The zero-order chi connectivity index (χ0) is 20.6. The average molecular weight is 417 g/mol. The minimum absolute atomic E-state index is 0.170. The molecule has 1 fully saturated rings. The van der Waals surface area contributed by atoms with Gasteiger partial charge in [-0.15, -0.1) is 0 Å². The summed E-state index contributed by atoms with van der Waals surface area (Å²) >= 11 is 0. The fraction of sp³-hybridized carbons (Fsp3) is 0.400. The van der Waals surface area contributed by atoms with Crippen LogP contribution >= 0.6 is 0 Å². The van der Waals surface area contributed by atoms with Crippen LogP contribution in [0.15, 0.2) is 50.6 Å². The number of benzene rings is 1. The van der Waals surface area contributed by atoms with Crippen LogP contribution in [0.1, 0.15) is 18.5 Å².